The van der Waals surface area contributed by atoms with Gasteiger partial charge in [0.1, 0.15) is 0 Å². The molecule has 1 aromatic carbocycles. The van der Waals surface area contributed by atoms with Gasteiger partial charge in [-0.3, -0.25) is 0 Å². The van der Waals surface area contributed by atoms with Crippen molar-refractivity contribution in [1.82, 2.24) is 9.44 Å². The minimum absolute atomic E-state index is 0.0950. The molecule has 4 nitrogen and oxygen atoms in total. The summed E-state index contributed by atoms with van der Waals surface area (Å²) < 4.78 is 27.9. The number of nitrogens with one attached hydrogen (secondary N) is 2. The van der Waals surface area contributed by atoms with Crippen LogP contribution in [0.4, 0.5) is 0 Å². The molecular weight excluding hydrogens is 224 g/mol. The molecule has 1 atom stereocenters. The first-order valence-electron chi connectivity index (χ1n) is 5.41. The summed E-state index contributed by atoms with van der Waals surface area (Å²) in [5, 5.41) is 0. The van der Waals surface area contributed by atoms with Gasteiger partial charge in [-0.2, -0.15) is 13.1 Å². The van der Waals surface area contributed by atoms with Crippen molar-refractivity contribution in [1.29, 1.82) is 0 Å². The van der Waals surface area contributed by atoms with Crippen molar-refractivity contribution in [3.05, 3.63) is 35.4 Å². The Hall–Kier alpha value is -0.910. The molecule has 1 aromatic rings. The molecule has 5 heteroatoms. The molecule has 0 amide bonds. The van der Waals surface area contributed by atoms with E-state index in [4.69, 9.17) is 0 Å². The van der Waals surface area contributed by atoms with E-state index in [0.717, 1.165) is 24.8 Å². The van der Waals surface area contributed by atoms with Gasteiger partial charge < -0.3 is 0 Å². The number of hydrogen-bond donors (Lipinski definition) is 2. The summed E-state index contributed by atoms with van der Waals surface area (Å²) in [5.41, 5.74) is 2.35. The summed E-state index contributed by atoms with van der Waals surface area (Å²) in [6, 6.07) is 7.91. The lowest BCUT2D eigenvalue weighted by molar-refractivity contribution is 0.503. The molecule has 0 aliphatic heterocycles. The molecule has 0 saturated carbocycles. The molecule has 88 valence electrons. The molecule has 0 fully saturated rings. The molecule has 2 rings (SSSR count). The average molecular weight is 240 g/mol. The molecule has 0 heterocycles. The highest BCUT2D eigenvalue weighted by molar-refractivity contribution is 7.87. The molecular formula is C11H16N2O2S. The standard InChI is InChI=1S/C11H16N2O2S/c1-12-16(14,15)13-11-8-4-6-9-5-2-3-7-10(9)11/h2-3,5,7,11-13H,4,6,8H2,1H3. The predicted octanol–water partition coefficient (Wildman–Crippen LogP) is 1.12. The summed E-state index contributed by atoms with van der Waals surface area (Å²) in [5.74, 6) is 0. The second-order valence-corrected chi connectivity index (χ2v) is 5.62. The van der Waals surface area contributed by atoms with Crippen molar-refractivity contribution in [2.45, 2.75) is 25.3 Å². The molecule has 1 aliphatic rings. The Balaban J connectivity index is 2.26. The van der Waals surface area contributed by atoms with Crippen LogP contribution in [0.2, 0.25) is 0 Å². The first kappa shape index (κ1) is 11.6. The van der Waals surface area contributed by atoms with E-state index >= 15 is 0 Å². The van der Waals surface area contributed by atoms with Crippen LogP contribution in [-0.2, 0) is 16.6 Å². The highest BCUT2D eigenvalue weighted by Gasteiger charge is 2.23. The Morgan fingerprint density at radius 3 is 2.81 bits per heavy atom. The maximum atomic E-state index is 11.5. The summed E-state index contributed by atoms with van der Waals surface area (Å²) in [6.07, 6.45) is 2.92. The van der Waals surface area contributed by atoms with Gasteiger partial charge in [0.15, 0.2) is 0 Å². The highest BCUT2D eigenvalue weighted by Crippen LogP contribution is 2.29. The van der Waals surface area contributed by atoms with Gasteiger partial charge in [-0.15, -0.1) is 0 Å². The Kier molecular flexibility index (Phi) is 3.28. The van der Waals surface area contributed by atoms with Crippen LogP contribution in [0.5, 0.6) is 0 Å². The molecule has 16 heavy (non-hydrogen) atoms. The van der Waals surface area contributed by atoms with E-state index < -0.39 is 10.2 Å². The minimum atomic E-state index is -3.36. The van der Waals surface area contributed by atoms with E-state index in [2.05, 4.69) is 15.5 Å². The van der Waals surface area contributed by atoms with Crippen LogP contribution in [-0.4, -0.2) is 15.5 Å². The monoisotopic (exact) mass is 240 g/mol. The van der Waals surface area contributed by atoms with Gasteiger partial charge in [0.05, 0.1) is 0 Å². The van der Waals surface area contributed by atoms with Crippen molar-refractivity contribution in [2.24, 2.45) is 0 Å². The predicted molar refractivity (Wildman–Crippen MR) is 63.2 cm³/mol. The largest absolute Gasteiger partial charge is 0.277 e. The minimum Gasteiger partial charge on any atom is -0.205 e. The highest BCUT2D eigenvalue weighted by atomic mass is 32.2. The van der Waals surface area contributed by atoms with E-state index in [1.165, 1.54) is 12.6 Å². The average Bonchev–Trinajstić information content (AvgIpc) is 2.29. The van der Waals surface area contributed by atoms with Crippen molar-refractivity contribution in [2.75, 3.05) is 7.05 Å². The maximum Gasteiger partial charge on any atom is 0.277 e. The number of rotatable bonds is 3. The number of benzene rings is 1. The van der Waals surface area contributed by atoms with Crippen LogP contribution in [0.15, 0.2) is 24.3 Å². The van der Waals surface area contributed by atoms with Crippen molar-refractivity contribution < 1.29 is 8.42 Å². The Morgan fingerprint density at radius 1 is 1.31 bits per heavy atom. The fourth-order valence-electron chi connectivity index (χ4n) is 2.12. The van der Waals surface area contributed by atoms with Crippen LogP contribution in [0.3, 0.4) is 0 Å². The Bertz CT molecular complexity index is 471. The van der Waals surface area contributed by atoms with Crippen LogP contribution in [0.25, 0.3) is 0 Å². The first-order valence-corrected chi connectivity index (χ1v) is 6.89. The second kappa shape index (κ2) is 4.53. The lowest BCUT2D eigenvalue weighted by Gasteiger charge is -2.25. The fraction of sp³-hybridized carbons (Fsp3) is 0.455. The lowest BCUT2D eigenvalue weighted by Crippen LogP contribution is -2.38. The third-order valence-corrected chi connectivity index (χ3v) is 4.07. The van der Waals surface area contributed by atoms with Gasteiger partial charge in [0, 0.05) is 13.1 Å². The van der Waals surface area contributed by atoms with E-state index in [-0.39, 0.29) is 6.04 Å². The third-order valence-electron chi connectivity index (χ3n) is 2.94. The quantitative estimate of drug-likeness (QED) is 0.831. The molecule has 0 spiro atoms. The van der Waals surface area contributed by atoms with Gasteiger partial charge in [-0.05, 0) is 30.4 Å². The van der Waals surface area contributed by atoms with Crippen LogP contribution < -0.4 is 9.44 Å². The van der Waals surface area contributed by atoms with Gasteiger partial charge in [-0.1, -0.05) is 24.3 Å². The summed E-state index contributed by atoms with van der Waals surface area (Å²) in [6.45, 7) is 0. The molecule has 2 N–H and O–H groups in total. The van der Waals surface area contributed by atoms with Crippen molar-refractivity contribution in [3.63, 3.8) is 0 Å². The van der Waals surface area contributed by atoms with E-state index in [9.17, 15) is 8.42 Å². The number of aryl methyl sites for hydroxylation is 1. The SMILES string of the molecule is CNS(=O)(=O)NC1CCCc2ccccc21. The van der Waals surface area contributed by atoms with Crippen LogP contribution in [0, 0.1) is 0 Å². The number of fused-ring (bicyclic) bond motifs is 1. The van der Waals surface area contributed by atoms with Crippen LogP contribution >= 0.6 is 0 Å². The van der Waals surface area contributed by atoms with Gasteiger partial charge >= 0.3 is 0 Å². The van der Waals surface area contributed by atoms with E-state index in [0.29, 0.717) is 0 Å². The van der Waals surface area contributed by atoms with Crippen LogP contribution in [0.1, 0.15) is 30.0 Å². The molecule has 1 unspecified atom stereocenters. The van der Waals surface area contributed by atoms with Gasteiger partial charge in [0.25, 0.3) is 10.2 Å². The molecule has 0 aromatic heterocycles. The van der Waals surface area contributed by atoms with E-state index in [1.807, 2.05) is 18.2 Å². The zero-order chi connectivity index (χ0) is 11.6. The topological polar surface area (TPSA) is 58.2 Å². The summed E-state index contributed by atoms with van der Waals surface area (Å²) >= 11 is 0. The number of hydrogen-bond acceptors (Lipinski definition) is 2. The van der Waals surface area contributed by atoms with E-state index in [1.54, 1.807) is 0 Å². The Labute approximate surface area is 96.2 Å². The smallest absolute Gasteiger partial charge is 0.205 e. The Morgan fingerprint density at radius 2 is 2.06 bits per heavy atom. The molecule has 0 radical (unpaired) electrons. The first-order chi connectivity index (χ1) is 7.62. The summed E-state index contributed by atoms with van der Waals surface area (Å²) in [4.78, 5) is 0. The fourth-order valence-corrected chi connectivity index (χ4v) is 2.86. The van der Waals surface area contributed by atoms with Crippen molar-refractivity contribution in [3.8, 4) is 0 Å². The molecule has 1 aliphatic carbocycles. The molecule has 0 bridgehead atoms. The molecule has 0 saturated heterocycles. The second-order valence-electron chi connectivity index (χ2n) is 3.97. The normalized spacial score (nSPS) is 20.4. The zero-order valence-electron chi connectivity index (χ0n) is 9.23. The zero-order valence-corrected chi connectivity index (χ0v) is 10.0. The third kappa shape index (κ3) is 2.42. The van der Waals surface area contributed by atoms with Gasteiger partial charge in [0.2, 0.25) is 0 Å². The van der Waals surface area contributed by atoms with Gasteiger partial charge in [-0.25, -0.2) is 4.72 Å². The summed E-state index contributed by atoms with van der Waals surface area (Å²) in [7, 11) is -1.95. The van der Waals surface area contributed by atoms with Crippen molar-refractivity contribution >= 4 is 10.2 Å². The lowest BCUT2D eigenvalue weighted by atomic mass is 9.88. The maximum absolute atomic E-state index is 11.5.